The second-order valence-corrected chi connectivity index (χ2v) is 8.85. The average molecular weight is 493 g/mol. The van der Waals surface area contributed by atoms with E-state index in [1.165, 1.54) is 5.56 Å². The molecular formula is C31H28N2O4. The van der Waals surface area contributed by atoms with Gasteiger partial charge in [-0.15, -0.1) is 0 Å². The molecule has 4 aromatic carbocycles. The molecule has 1 aliphatic rings. The number of benzene rings is 4. The van der Waals surface area contributed by atoms with Crippen LogP contribution in [0, 0.1) is 0 Å². The highest BCUT2D eigenvalue weighted by Crippen LogP contribution is 2.38. The predicted octanol–water partition coefficient (Wildman–Crippen LogP) is 5.50. The molecule has 186 valence electrons. The molecule has 1 heterocycles. The van der Waals surface area contributed by atoms with Gasteiger partial charge in [-0.2, -0.15) is 0 Å². The van der Waals surface area contributed by atoms with Crippen molar-refractivity contribution in [2.75, 3.05) is 25.6 Å². The third-order valence-corrected chi connectivity index (χ3v) is 6.49. The first-order valence-electron chi connectivity index (χ1n) is 12.2. The van der Waals surface area contributed by atoms with Gasteiger partial charge in [-0.05, 0) is 71.6 Å². The van der Waals surface area contributed by atoms with Crippen LogP contribution in [0.3, 0.4) is 0 Å². The standard InChI is InChI=1S/C31H28N2O4/c1-36-26-16-13-25(14-17-26)32-29(34)21-37-27-15-12-22-18-19-33(31(35)24-10-6-3-7-11-24)30(28(22)20-27)23-8-4-2-5-9-23/h2-17,20,30H,18-19,21H2,1H3,(H,32,34). The maximum atomic E-state index is 13.5. The monoisotopic (exact) mass is 492 g/mol. The number of hydrogen-bond acceptors (Lipinski definition) is 4. The summed E-state index contributed by atoms with van der Waals surface area (Å²) >= 11 is 0. The summed E-state index contributed by atoms with van der Waals surface area (Å²) in [6.07, 6.45) is 0.746. The normalized spacial score (nSPS) is 14.4. The molecule has 0 aromatic heterocycles. The van der Waals surface area contributed by atoms with Gasteiger partial charge in [-0.1, -0.05) is 54.6 Å². The maximum absolute atomic E-state index is 13.5. The van der Waals surface area contributed by atoms with Crippen molar-refractivity contribution in [3.63, 3.8) is 0 Å². The number of hydrogen-bond donors (Lipinski definition) is 1. The van der Waals surface area contributed by atoms with Crippen LogP contribution in [0.2, 0.25) is 0 Å². The van der Waals surface area contributed by atoms with Crippen LogP contribution in [0.4, 0.5) is 5.69 Å². The molecule has 0 fully saturated rings. The fourth-order valence-corrected chi connectivity index (χ4v) is 4.66. The van der Waals surface area contributed by atoms with Gasteiger partial charge < -0.3 is 19.7 Å². The lowest BCUT2D eigenvalue weighted by Crippen LogP contribution is -2.40. The summed E-state index contributed by atoms with van der Waals surface area (Å²) in [4.78, 5) is 28.0. The molecule has 0 aliphatic carbocycles. The van der Waals surface area contributed by atoms with Crippen LogP contribution in [0.5, 0.6) is 11.5 Å². The molecule has 1 unspecified atom stereocenters. The fourth-order valence-electron chi connectivity index (χ4n) is 4.66. The summed E-state index contributed by atoms with van der Waals surface area (Å²) < 4.78 is 11.0. The zero-order valence-electron chi connectivity index (χ0n) is 20.6. The molecule has 0 bridgehead atoms. The highest BCUT2D eigenvalue weighted by molar-refractivity contribution is 5.95. The van der Waals surface area contributed by atoms with Gasteiger partial charge in [-0.25, -0.2) is 0 Å². The van der Waals surface area contributed by atoms with E-state index in [2.05, 4.69) is 5.32 Å². The van der Waals surface area contributed by atoms with Crippen molar-refractivity contribution in [2.24, 2.45) is 0 Å². The molecule has 37 heavy (non-hydrogen) atoms. The predicted molar refractivity (Wildman–Crippen MR) is 143 cm³/mol. The Balaban J connectivity index is 1.37. The maximum Gasteiger partial charge on any atom is 0.262 e. The third kappa shape index (κ3) is 5.48. The molecule has 0 saturated carbocycles. The van der Waals surface area contributed by atoms with E-state index >= 15 is 0 Å². The van der Waals surface area contributed by atoms with Crippen molar-refractivity contribution < 1.29 is 19.1 Å². The zero-order chi connectivity index (χ0) is 25.6. The summed E-state index contributed by atoms with van der Waals surface area (Å²) in [5.41, 5.74) is 4.53. The molecule has 0 saturated heterocycles. The molecule has 1 atom stereocenters. The molecule has 0 spiro atoms. The number of carbonyl (C=O) groups is 2. The molecule has 6 heteroatoms. The molecule has 4 aromatic rings. The van der Waals surface area contributed by atoms with Crippen LogP contribution in [0.15, 0.2) is 103 Å². The topological polar surface area (TPSA) is 67.9 Å². The summed E-state index contributed by atoms with van der Waals surface area (Å²) in [6, 6.07) is 32.1. The van der Waals surface area contributed by atoms with E-state index in [1.807, 2.05) is 83.8 Å². The molecule has 1 aliphatic heterocycles. The van der Waals surface area contributed by atoms with E-state index in [1.54, 1.807) is 31.4 Å². The van der Waals surface area contributed by atoms with Gasteiger partial charge >= 0.3 is 0 Å². The van der Waals surface area contributed by atoms with Crippen LogP contribution < -0.4 is 14.8 Å². The summed E-state index contributed by atoms with van der Waals surface area (Å²) in [6.45, 7) is 0.484. The van der Waals surface area contributed by atoms with E-state index < -0.39 is 0 Å². The Morgan fingerprint density at radius 1 is 0.865 bits per heavy atom. The van der Waals surface area contributed by atoms with Crippen LogP contribution in [-0.2, 0) is 11.2 Å². The number of methoxy groups -OCH3 is 1. The highest BCUT2D eigenvalue weighted by Gasteiger charge is 2.32. The number of amides is 2. The Morgan fingerprint density at radius 2 is 1.54 bits per heavy atom. The Hall–Kier alpha value is -4.58. The first-order chi connectivity index (χ1) is 18.1. The molecule has 6 nitrogen and oxygen atoms in total. The number of ether oxygens (including phenoxy) is 2. The van der Waals surface area contributed by atoms with E-state index in [0.29, 0.717) is 23.5 Å². The summed E-state index contributed by atoms with van der Waals surface area (Å²) in [5, 5.41) is 2.83. The summed E-state index contributed by atoms with van der Waals surface area (Å²) in [7, 11) is 1.60. The number of nitrogens with zero attached hydrogens (tertiary/aromatic N) is 1. The molecule has 5 rings (SSSR count). The quantitative estimate of drug-likeness (QED) is 0.370. The third-order valence-electron chi connectivity index (χ3n) is 6.49. The van der Waals surface area contributed by atoms with E-state index in [-0.39, 0.29) is 24.5 Å². The molecule has 1 N–H and O–H groups in total. The lowest BCUT2D eigenvalue weighted by molar-refractivity contribution is -0.118. The molecular weight excluding hydrogens is 464 g/mol. The number of anilines is 1. The Labute approximate surface area is 216 Å². The van der Waals surface area contributed by atoms with Crippen molar-refractivity contribution >= 4 is 17.5 Å². The Kier molecular flexibility index (Phi) is 7.17. The van der Waals surface area contributed by atoms with E-state index in [4.69, 9.17) is 9.47 Å². The lowest BCUT2D eigenvalue weighted by atomic mass is 9.87. The smallest absolute Gasteiger partial charge is 0.262 e. The van der Waals surface area contributed by atoms with Gasteiger partial charge in [0, 0.05) is 17.8 Å². The minimum atomic E-state index is -0.261. The largest absolute Gasteiger partial charge is 0.497 e. The summed E-state index contributed by atoms with van der Waals surface area (Å²) in [5.74, 6) is 1.03. The lowest BCUT2D eigenvalue weighted by Gasteiger charge is -2.38. The van der Waals surface area contributed by atoms with Gasteiger partial charge in [0.2, 0.25) is 0 Å². The number of rotatable bonds is 7. The average Bonchev–Trinajstić information content (AvgIpc) is 2.96. The van der Waals surface area contributed by atoms with Gasteiger partial charge in [0.1, 0.15) is 11.5 Å². The number of fused-ring (bicyclic) bond motifs is 1. The van der Waals surface area contributed by atoms with Crippen molar-refractivity contribution in [1.82, 2.24) is 4.90 Å². The van der Waals surface area contributed by atoms with Crippen LogP contribution >= 0.6 is 0 Å². The van der Waals surface area contributed by atoms with Crippen LogP contribution in [0.25, 0.3) is 0 Å². The highest BCUT2D eigenvalue weighted by atomic mass is 16.5. The molecule has 2 amide bonds. The number of nitrogens with one attached hydrogen (secondary N) is 1. The SMILES string of the molecule is COc1ccc(NC(=O)COc2ccc3c(c2)C(c2ccccc2)N(C(=O)c2ccccc2)CC3)cc1. The van der Waals surface area contributed by atoms with Crippen LogP contribution in [0.1, 0.15) is 33.1 Å². The second-order valence-electron chi connectivity index (χ2n) is 8.85. The number of carbonyl (C=O) groups excluding carboxylic acids is 2. The minimum absolute atomic E-state index is 0.00899. The Morgan fingerprint density at radius 3 is 2.24 bits per heavy atom. The first-order valence-corrected chi connectivity index (χ1v) is 12.2. The zero-order valence-corrected chi connectivity index (χ0v) is 20.6. The first kappa shape index (κ1) is 24.1. The van der Waals surface area contributed by atoms with Crippen LogP contribution in [-0.4, -0.2) is 37.0 Å². The van der Waals surface area contributed by atoms with Gasteiger partial charge in [-0.3, -0.25) is 9.59 Å². The second kappa shape index (κ2) is 11.0. The minimum Gasteiger partial charge on any atom is -0.497 e. The van der Waals surface area contributed by atoms with Gasteiger partial charge in [0.05, 0.1) is 13.2 Å². The van der Waals surface area contributed by atoms with Gasteiger partial charge in [0.15, 0.2) is 6.61 Å². The van der Waals surface area contributed by atoms with Crippen molar-refractivity contribution in [1.29, 1.82) is 0 Å². The van der Waals surface area contributed by atoms with E-state index in [0.717, 1.165) is 23.3 Å². The van der Waals surface area contributed by atoms with Crippen molar-refractivity contribution in [2.45, 2.75) is 12.5 Å². The van der Waals surface area contributed by atoms with Crippen molar-refractivity contribution in [3.8, 4) is 11.5 Å². The fraction of sp³-hybridized carbons (Fsp3) is 0.161. The van der Waals surface area contributed by atoms with E-state index in [9.17, 15) is 9.59 Å². The van der Waals surface area contributed by atoms with Crippen molar-refractivity contribution in [3.05, 3.63) is 125 Å². The molecule has 0 radical (unpaired) electrons. The Bertz CT molecular complexity index is 1370. The van der Waals surface area contributed by atoms with Gasteiger partial charge in [0.25, 0.3) is 11.8 Å².